The van der Waals surface area contributed by atoms with Crippen LogP contribution in [-0.4, -0.2) is 29.7 Å². The van der Waals surface area contributed by atoms with E-state index in [2.05, 4.69) is 10.1 Å². The molecule has 1 aromatic heterocycles. The van der Waals surface area contributed by atoms with Crippen molar-refractivity contribution in [1.82, 2.24) is 10.1 Å². The van der Waals surface area contributed by atoms with Gasteiger partial charge in [0.15, 0.2) is 0 Å². The fraction of sp³-hybridized carbons (Fsp3) is 0.211. The van der Waals surface area contributed by atoms with Gasteiger partial charge in [0.05, 0.1) is 24.3 Å². The lowest BCUT2D eigenvalue weighted by molar-refractivity contribution is -0.117. The second kappa shape index (κ2) is 7.00. The summed E-state index contributed by atoms with van der Waals surface area (Å²) >= 11 is 5.78. The average molecular weight is 388 g/mol. The number of ether oxygens (including phenoxy) is 1. The van der Waals surface area contributed by atoms with E-state index in [9.17, 15) is 9.18 Å². The molecule has 1 aliphatic rings. The van der Waals surface area contributed by atoms with Crippen LogP contribution >= 0.6 is 11.6 Å². The number of carbonyl (C=O) groups excluding carboxylic acids is 1. The number of benzene rings is 2. The Morgan fingerprint density at radius 3 is 2.89 bits per heavy atom. The Hall–Kier alpha value is -2.93. The van der Waals surface area contributed by atoms with Gasteiger partial charge in [-0.1, -0.05) is 28.9 Å². The van der Waals surface area contributed by atoms with Crippen LogP contribution in [0.15, 0.2) is 47.0 Å². The van der Waals surface area contributed by atoms with E-state index in [1.165, 1.54) is 17.0 Å². The fourth-order valence-electron chi connectivity index (χ4n) is 3.15. The maximum absolute atomic E-state index is 14.2. The topological polar surface area (TPSA) is 68.5 Å². The number of aromatic nitrogens is 2. The van der Waals surface area contributed by atoms with Gasteiger partial charge in [0.2, 0.25) is 17.6 Å². The first kappa shape index (κ1) is 17.5. The highest BCUT2D eigenvalue weighted by Crippen LogP contribution is 2.35. The molecule has 8 heteroatoms. The number of rotatable bonds is 4. The molecule has 3 aromatic rings. The highest BCUT2D eigenvalue weighted by atomic mass is 35.5. The summed E-state index contributed by atoms with van der Waals surface area (Å²) in [6.45, 7) is 0.255. The third-order valence-electron chi connectivity index (χ3n) is 4.46. The first-order chi connectivity index (χ1) is 13.1. The van der Waals surface area contributed by atoms with Crippen molar-refractivity contribution in [2.75, 3.05) is 18.6 Å². The molecule has 2 aromatic carbocycles. The third-order valence-corrected chi connectivity index (χ3v) is 4.70. The standard InChI is InChI=1S/C19H15ClFN3O3/c1-26-16-5-3-2-4-13(16)18-22-19(27-23-18)11-8-17(25)24(10-11)15-7-6-12(20)9-14(15)21/h2-7,9,11H,8,10H2,1H3. The Kier molecular flexibility index (Phi) is 4.53. The molecule has 1 fully saturated rings. The molecule has 138 valence electrons. The molecule has 0 spiro atoms. The van der Waals surface area contributed by atoms with Crippen LogP contribution < -0.4 is 9.64 Å². The number of anilines is 1. The summed E-state index contributed by atoms with van der Waals surface area (Å²) in [5.74, 6) is 0.267. The van der Waals surface area contributed by atoms with Crippen LogP contribution in [0.2, 0.25) is 5.02 Å². The van der Waals surface area contributed by atoms with E-state index in [1.54, 1.807) is 19.2 Å². The third kappa shape index (κ3) is 3.26. The van der Waals surface area contributed by atoms with Gasteiger partial charge in [0.25, 0.3) is 0 Å². The first-order valence-electron chi connectivity index (χ1n) is 8.29. The Morgan fingerprint density at radius 1 is 1.30 bits per heavy atom. The van der Waals surface area contributed by atoms with Crippen LogP contribution in [-0.2, 0) is 4.79 Å². The van der Waals surface area contributed by atoms with Crippen molar-refractivity contribution in [3.8, 4) is 17.1 Å². The smallest absolute Gasteiger partial charge is 0.232 e. The van der Waals surface area contributed by atoms with Gasteiger partial charge >= 0.3 is 0 Å². The maximum atomic E-state index is 14.2. The van der Waals surface area contributed by atoms with Gasteiger partial charge in [-0.15, -0.1) is 0 Å². The van der Waals surface area contributed by atoms with E-state index < -0.39 is 5.82 Å². The molecule has 0 aliphatic carbocycles. The number of para-hydroxylation sites is 1. The number of hydrogen-bond acceptors (Lipinski definition) is 5. The number of halogens is 2. The number of hydrogen-bond donors (Lipinski definition) is 0. The molecule has 6 nitrogen and oxygen atoms in total. The summed E-state index contributed by atoms with van der Waals surface area (Å²) in [6, 6.07) is 11.5. The largest absolute Gasteiger partial charge is 0.496 e. The van der Waals surface area contributed by atoms with Crippen molar-refractivity contribution in [3.63, 3.8) is 0 Å². The monoisotopic (exact) mass is 387 g/mol. The van der Waals surface area contributed by atoms with Crippen molar-refractivity contribution in [1.29, 1.82) is 0 Å². The molecule has 0 radical (unpaired) electrons. The Bertz CT molecular complexity index is 1010. The van der Waals surface area contributed by atoms with Crippen LogP contribution in [0.5, 0.6) is 5.75 Å². The summed E-state index contributed by atoms with van der Waals surface area (Å²) in [6.07, 6.45) is 0.162. The number of amides is 1. The van der Waals surface area contributed by atoms with Crippen LogP contribution in [0.3, 0.4) is 0 Å². The van der Waals surface area contributed by atoms with E-state index >= 15 is 0 Å². The minimum Gasteiger partial charge on any atom is -0.496 e. The van der Waals surface area contributed by atoms with E-state index in [0.717, 1.165) is 0 Å². The van der Waals surface area contributed by atoms with Gasteiger partial charge in [-0.2, -0.15) is 4.98 Å². The van der Waals surface area contributed by atoms with Crippen molar-refractivity contribution in [3.05, 3.63) is 59.2 Å². The number of nitrogens with zero attached hydrogens (tertiary/aromatic N) is 3. The Labute approximate surface area is 159 Å². The lowest BCUT2D eigenvalue weighted by atomic mass is 10.1. The quantitative estimate of drug-likeness (QED) is 0.675. The summed E-state index contributed by atoms with van der Waals surface area (Å²) in [5, 5.41) is 4.28. The van der Waals surface area contributed by atoms with Crippen molar-refractivity contribution < 1.29 is 18.4 Å². The molecule has 1 saturated heterocycles. The molecule has 0 N–H and O–H groups in total. The molecule has 1 aliphatic heterocycles. The SMILES string of the molecule is COc1ccccc1-c1noc(C2CC(=O)N(c3ccc(Cl)cc3F)C2)n1. The van der Waals surface area contributed by atoms with Gasteiger partial charge in [-0.05, 0) is 30.3 Å². The highest BCUT2D eigenvalue weighted by molar-refractivity contribution is 6.30. The molecule has 1 unspecified atom stereocenters. The van der Waals surface area contributed by atoms with E-state index in [-0.39, 0.29) is 35.5 Å². The lowest BCUT2D eigenvalue weighted by Gasteiger charge is -2.16. The van der Waals surface area contributed by atoms with E-state index in [0.29, 0.717) is 23.0 Å². The van der Waals surface area contributed by atoms with Crippen LogP contribution in [0.1, 0.15) is 18.2 Å². The first-order valence-corrected chi connectivity index (χ1v) is 8.67. The van der Waals surface area contributed by atoms with Crippen LogP contribution in [0.25, 0.3) is 11.4 Å². The molecule has 27 heavy (non-hydrogen) atoms. The normalized spacial score (nSPS) is 16.8. The van der Waals surface area contributed by atoms with Gasteiger partial charge in [0, 0.05) is 18.0 Å². The van der Waals surface area contributed by atoms with Gasteiger partial charge < -0.3 is 14.2 Å². The second-order valence-corrected chi connectivity index (χ2v) is 6.59. The predicted molar refractivity (Wildman–Crippen MR) is 97.4 cm³/mol. The molecular weight excluding hydrogens is 373 g/mol. The van der Waals surface area contributed by atoms with E-state index in [4.69, 9.17) is 20.9 Å². The molecule has 2 heterocycles. The zero-order valence-corrected chi connectivity index (χ0v) is 15.1. The average Bonchev–Trinajstić information content (AvgIpc) is 3.29. The number of carbonyl (C=O) groups is 1. The molecule has 1 amide bonds. The van der Waals surface area contributed by atoms with Crippen molar-refractivity contribution >= 4 is 23.2 Å². The van der Waals surface area contributed by atoms with Gasteiger partial charge in [0.1, 0.15) is 11.6 Å². The second-order valence-electron chi connectivity index (χ2n) is 6.16. The Balaban J connectivity index is 1.59. The molecule has 4 rings (SSSR count). The van der Waals surface area contributed by atoms with Crippen molar-refractivity contribution in [2.24, 2.45) is 0 Å². The predicted octanol–water partition coefficient (Wildman–Crippen LogP) is 4.06. The zero-order valence-electron chi connectivity index (χ0n) is 14.4. The van der Waals surface area contributed by atoms with E-state index in [1.807, 2.05) is 18.2 Å². The summed E-state index contributed by atoms with van der Waals surface area (Å²) in [4.78, 5) is 18.2. The maximum Gasteiger partial charge on any atom is 0.232 e. The number of methoxy groups -OCH3 is 1. The summed E-state index contributed by atoms with van der Waals surface area (Å²) in [7, 11) is 1.56. The Morgan fingerprint density at radius 2 is 2.11 bits per heavy atom. The van der Waals surface area contributed by atoms with Crippen LogP contribution in [0.4, 0.5) is 10.1 Å². The molecular formula is C19H15ClFN3O3. The lowest BCUT2D eigenvalue weighted by Crippen LogP contribution is -2.25. The fourth-order valence-corrected chi connectivity index (χ4v) is 3.30. The minimum absolute atomic E-state index is 0.162. The molecule has 0 saturated carbocycles. The highest BCUT2D eigenvalue weighted by Gasteiger charge is 2.36. The molecule has 0 bridgehead atoms. The van der Waals surface area contributed by atoms with Gasteiger partial charge in [-0.25, -0.2) is 4.39 Å². The van der Waals surface area contributed by atoms with Crippen LogP contribution in [0, 0.1) is 5.82 Å². The molecule has 1 atom stereocenters. The van der Waals surface area contributed by atoms with Gasteiger partial charge in [-0.3, -0.25) is 4.79 Å². The zero-order chi connectivity index (χ0) is 19.0. The summed E-state index contributed by atoms with van der Waals surface area (Å²) in [5.41, 5.74) is 0.885. The van der Waals surface area contributed by atoms with Crippen molar-refractivity contribution in [2.45, 2.75) is 12.3 Å². The minimum atomic E-state index is -0.545. The summed E-state index contributed by atoms with van der Waals surface area (Å²) < 4.78 is 24.9.